The highest BCUT2D eigenvalue weighted by atomic mass is 32.2. The molecule has 2 amide bonds. The summed E-state index contributed by atoms with van der Waals surface area (Å²) in [5, 5.41) is 2.92. The maximum Gasteiger partial charge on any atom is 0.242 e. The van der Waals surface area contributed by atoms with Crippen LogP contribution in [0.3, 0.4) is 0 Å². The minimum atomic E-state index is -3.51. The first-order valence-electron chi connectivity index (χ1n) is 12.2. The molecule has 0 heterocycles. The Morgan fingerprint density at radius 3 is 2.26 bits per heavy atom. The molecule has 1 atom stereocenters. The normalized spacial score (nSPS) is 12.1. The molecule has 0 bridgehead atoms. The smallest absolute Gasteiger partial charge is 0.242 e. The van der Waals surface area contributed by atoms with Gasteiger partial charge in [0.05, 0.1) is 11.9 Å². The summed E-state index contributed by atoms with van der Waals surface area (Å²) in [6, 6.07) is 14.5. The number of nitrogens with zero attached hydrogens (tertiary/aromatic N) is 2. The van der Waals surface area contributed by atoms with Crippen molar-refractivity contribution in [2.45, 2.75) is 66.0 Å². The largest absolute Gasteiger partial charge is 0.354 e. The second-order valence-corrected chi connectivity index (χ2v) is 11.0. The van der Waals surface area contributed by atoms with Crippen LogP contribution in [0.25, 0.3) is 0 Å². The van der Waals surface area contributed by atoms with Crippen LogP contribution in [-0.4, -0.2) is 50.5 Å². The quantitative estimate of drug-likeness (QED) is 0.417. The molecule has 8 heteroatoms. The molecule has 0 aliphatic heterocycles. The Balaban J connectivity index is 2.14. The van der Waals surface area contributed by atoms with Gasteiger partial charge in [0.15, 0.2) is 0 Å². The number of nitrogens with one attached hydrogen (secondary N) is 1. The van der Waals surface area contributed by atoms with E-state index in [2.05, 4.69) is 12.2 Å². The van der Waals surface area contributed by atoms with Crippen molar-refractivity contribution in [2.24, 2.45) is 0 Å². The molecule has 0 aliphatic carbocycles. The Kier molecular flexibility index (Phi) is 10.8. The Morgan fingerprint density at radius 2 is 1.66 bits per heavy atom. The van der Waals surface area contributed by atoms with Gasteiger partial charge in [-0.25, -0.2) is 8.42 Å². The third-order valence-corrected chi connectivity index (χ3v) is 7.19. The second-order valence-electron chi connectivity index (χ2n) is 9.05. The van der Waals surface area contributed by atoms with E-state index in [4.69, 9.17) is 0 Å². The molecule has 0 saturated heterocycles. The van der Waals surface area contributed by atoms with Crippen molar-refractivity contribution < 1.29 is 18.0 Å². The molecule has 2 aromatic carbocycles. The number of hydrogen-bond donors (Lipinski definition) is 1. The van der Waals surface area contributed by atoms with E-state index in [0.717, 1.165) is 29.5 Å². The number of hydrogen-bond acceptors (Lipinski definition) is 4. The fourth-order valence-electron chi connectivity index (χ4n) is 3.83. The first-order chi connectivity index (χ1) is 16.5. The zero-order valence-corrected chi connectivity index (χ0v) is 22.4. The second kappa shape index (κ2) is 13.3. The van der Waals surface area contributed by atoms with E-state index < -0.39 is 16.1 Å². The fourth-order valence-corrected chi connectivity index (χ4v) is 4.86. The molecule has 35 heavy (non-hydrogen) atoms. The average molecular weight is 502 g/mol. The molecule has 0 saturated carbocycles. The Bertz CT molecular complexity index is 1080. The summed E-state index contributed by atoms with van der Waals surface area (Å²) in [7, 11) is -3.51. The van der Waals surface area contributed by atoms with E-state index in [1.54, 1.807) is 24.0 Å². The molecule has 0 fully saturated rings. The zero-order chi connectivity index (χ0) is 26.0. The summed E-state index contributed by atoms with van der Waals surface area (Å²) in [5.41, 5.74) is 3.52. The minimum absolute atomic E-state index is 0.135. The molecule has 0 aromatic heterocycles. The summed E-state index contributed by atoms with van der Waals surface area (Å²) < 4.78 is 26.3. The van der Waals surface area contributed by atoms with Crippen LogP contribution in [0.1, 0.15) is 56.2 Å². The average Bonchev–Trinajstić information content (AvgIpc) is 2.81. The van der Waals surface area contributed by atoms with Gasteiger partial charge >= 0.3 is 0 Å². The van der Waals surface area contributed by atoms with Crippen molar-refractivity contribution in [1.82, 2.24) is 10.2 Å². The number of anilines is 1. The fraction of sp³-hybridized carbons (Fsp3) is 0.481. The maximum atomic E-state index is 13.3. The van der Waals surface area contributed by atoms with Gasteiger partial charge in [-0.15, -0.1) is 0 Å². The van der Waals surface area contributed by atoms with Crippen molar-refractivity contribution in [3.05, 3.63) is 65.2 Å². The molecular weight excluding hydrogens is 462 g/mol. The monoisotopic (exact) mass is 501 g/mol. The van der Waals surface area contributed by atoms with Crippen LogP contribution in [0, 0.1) is 13.8 Å². The van der Waals surface area contributed by atoms with Crippen LogP contribution in [0.4, 0.5) is 5.69 Å². The maximum absolute atomic E-state index is 13.3. The van der Waals surface area contributed by atoms with Gasteiger partial charge < -0.3 is 10.2 Å². The van der Waals surface area contributed by atoms with Gasteiger partial charge in [0.1, 0.15) is 6.04 Å². The topological polar surface area (TPSA) is 86.8 Å². The predicted molar refractivity (Wildman–Crippen MR) is 142 cm³/mol. The van der Waals surface area contributed by atoms with E-state index in [0.29, 0.717) is 25.2 Å². The number of aryl methyl sites for hydroxylation is 2. The van der Waals surface area contributed by atoms with Crippen molar-refractivity contribution in [3.63, 3.8) is 0 Å². The van der Waals surface area contributed by atoms with Crippen LogP contribution >= 0.6 is 0 Å². The van der Waals surface area contributed by atoms with E-state index in [1.165, 1.54) is 10.6 Å². The van der Waals surface area contributed by atoms with Crippen molar-refractivity contribution in [3.8, 4) is 0 Å². The van der Waals surface area contributed by atoms with Gasteiger partial charge in [-0.3, -0.25) is 13.9 Å². The lowest BCUT2D eigenvalue weighted by atomic mass is 10.1. The van der Waals surface area contributed by atoms with Crippen molar-refractivity contribution in [2.75, 3.05) is 23.7 Å². The Morgan fingerprint density at radius 1 is 1.00 bits per heavy atom. The van der Waals surface area contributed by atoms with E-state index in [-0.39, 0.29) is 24.8 Å². The van der Waals surface area contributed by atoms with E-state index in [9.17, 15) is 18.0 Å². The molecular formula is C27H39N3O4S. The minimum Gasteiger partial charge on any atom is -0.354 e. The molecule has 0 unspecified atom stereocenters. The third-order valence-electron chi connectivity index (χ3n) is 6.01. The third kappa shape index (κ3) is 8.69. The molecule has 2 rings (SSSR count). The van der Waals surface area contributed by atoms with Gasteiger partial charge in [0.2, 0.25) is 21.8 Å². The number of carbonyl (C=O) groups excluding carboxylic acids is 2. The molecule has 7 nitrogen and oxygen atoms in total. The number of amides is 2. The zero-order valence-electron chi connectivity index (χ0n) is 21.6. The van der Waals surface area contributed by atoms with Gasteiger partial charge in [-0.05, 0) is 50.8 Å². The number of para-hydroxylation sites is 1. The van der Waals surface area contributed by atoms with Gasteiger partial charge in [0, 0.05) is 26.1 Å². The lowest BCUT2D eigenvalue weighted by Gasteiger charge is -2.29. The molecule has 192 valence electrons. The van der Waals surface area contributed by atoms with Crippen LogP contribution < -0.4 is 9.62 Å². The van der Waals surface area contributed by atoms with Gasteiger partial charge in [-0.1, -0.05) is 61.4 Å². The van der Waals surface area contributed by atoms with E-state index in [1.807, 2.05) is 50.2 Å². The predicted octanol–water partition coefficient (Wildman–Crippen LogP) is 4.18. The van der Waals surface area contributed by atoms with Crippen LogP contribution in [-0.2, 0) is 26.2 Å². The molecule has 0 spiro atoms. The Hall–Kier alpha value is -2.87. The SMILES string of the molecule is CCCCNC(=O)[C@H](C)N(Cc1ccc(C)cc1)C(=O)CCCN(c1ccccc1C)S(C)(=O)=O. The lowest BCUT2D eigenvalue weighted by molar-refractivity contribution is -0.140. The lowest BCUT2D eigenvalue weighted by Crippen LogP contribution is -2.48. The summed E-state index contributed by atoms with van der Waals surface area (Å²) in [5.74, 6) is -0.362. The first-order valence-corrected chi connectivity index (χ1v) is 14.1. The Labute approximate surface area is 210 Å². The highest BCUT2D eigenvalue weighted by molar-refractivity contribution is 7.92. The highest BCUT2D eigenvalue weighted by Crippen LogP contribution is 2.23. The number of unbranched alkanes of at least 4 members (excludes halogenated alkanes) is 1. The van der Waals surface area contributed by atoms with Crippen LogP contribution in [0.15, 0.2) is 48.5 Å². The van der Waals surface area contributed by atoms with Crippen molar-refractivity contribution >= 4 is 27.5 Å². The number of rotatable bonds is 13. The van der Waals surface area contributed by atoms with Gasteiger partial charge in [0.25, 0.3) is 0 Å². The molecule has 0 radical (unpaired) electrons. The molecule has 0 aliphatic rings. The van der Waals surface area contributed by atoms with Gasteiger partial charge in [-0.2, -0.15) is 0 Å². The summed E-state index contributed by atoms with van der Waals surface area (Å²) >= 11 is 0. The first kappa shape index (κ1) is 28.4. The standard InChI is InChI=1S/C27H39N3O4S/c1-6-7-18-28-27(32)23(4)29(20-24-16-14-21(2)15-17-24)26(31)13-10-19-30(35(5,33)34)25-12-9-8-11-22(25)3/h8-9,11-12,14-17,23H,6-7,10,13,18-20H2,1-5H3,(H,28,32)/t23-/m0/s1. The summed E-state index contributed by atoms with van der Waals surface area (Å²) in [4.78, 5) is 27.6. The summed E-state index contributed by atoms with van der Waals surface area (Å²) in [6.07, 6.45) is 3.50. The number of sulfonamides is 1. The van der Waals surface area contributed by atoms with Crippen LogP contribution in [0.5, 0.6) is 0 Å². The molecule has 2 aromatic rings. The summed E-state index contributed by atoms with van der Waals surface area (Å²) in [6.45, 7) is 8.73. The highest BCUT2D eigenvalue weighted by Gasteiger charge is 2.26. The van der Waals surface area contributed by atoms with Crippen molar-refractivity contribution in [1.29, 1.82) is 0 Å². The molecule has 1 N–H and O–H groups in total. The van der Waals surface area contributed by atoms with E-state index >= 15 is 0 Å². The van der Waals surface area contributed by atoms with Crippen LogP contribution in [0.2, 0.25) is 0 Å². The number of benzene rings is 2. The number of carbonyl (C=O) groups is 2.